The van der Waals surface area contributed by atoms with E-state index in [2.05, 4.69) is 4.98 Å². The standard InChI is InChI=1S/C17H14N2O4/c20-17(13-5-3-6-15(11-13)19(21)22)23-9-8-14-10-12-4-1-2-7-16(12)18-14/h1-7,10-11,18H,8-9H2. The van der Waals surface area contributed by atoms with Gasteiger partial charge in [0.05, 0.1) is 17.1 Å². The quantitative estimate of drug-likeness (QED) is 0.444. The van der Waals surface area contributed by atoms with Crippen LogP contribution in [0.15, 0.2) is 54.6 Å². The zero-order valence-electron chi connectivity index (χ0n) is 12.2. The van der Waals surface area contributed by atoms with Crippen LogP contribution in [0.5, 0.6) is 0 Å². The molecule has 0 saturated carbocycles. The maximum Gasteiger partial charge on any atom is 0.338 e. The second kappa shape index (κ2) is 6.31. The van der Waals surface area contributed by atoms with E-state index in [1.807, 2.05) is 30.3 Å². The number of fused-ring (bicyclic) bond motifs is 1. The number of carbonyl (C=O) groups excluding carboxylic acids is 1. The molecule has 23 heavy (non-hydrogen) atoms. The zero-order chi connectivity index (χ0) is 16.2. The van der Waals surface area contributed by atoms with Gasteiger partial charge in [0.25, 0.3) is 5.69 Å². The molecule has 6 nitrogen and oxygen atoms in total. The van der Waals surface area contributed by atoms with E-state index in [0.717, 1.165) is 16.6 Å². The van der Waals surface area contributed by atoms with Crippen molar-refractivity contribution in [3.05, 3.63) is 76.0 Å². The third-order valence-electron chi connectivity index (χ3n) is 3.48. The number of rotatable bonds is 5. The highest BCUT2D eigenvalue weighted by molar-refractivity contribution is 5.90. The molecule has 0 bridgehead atoms. The van der Waals surface area contributed by atoms with Gasteiger partial charge in [0, 0.05) is 29.8 Å². The summed E-state index contributed by atoms with van der Waals surface area (Å²) in [4.78, 5) is 25.3. The predicted octanol–water partition coefficient (Wildman–Crippen LogP) is 3.48. The van der Waals surface area contributed by atoms with E-state index in [0.29, 0.717) is 6.42 Å². The summed E-state index contributed by atoms with van der Waals surface area (Å²) in [6.07, 6.45) is 0.551. The van der Waals surface area contributed by atoms with Gasteiger partial charge in [0.1, 0.15) is 0 Å². The van der Waals surface area contributed by atoms with E-state index in [-0.39, 0.29) is 17.9 Å². The van der Waals surface area contributed by atoms with Crippen LogP contribution in [0.4, 0.5) is 5.69 Å². The molecule has 0 aliphatic heterocycles. The normalized spacial score (nSPS) is 10.6. The molecule has 0 fully saturated rings. The van der Waals surface area contributed by atoms with Gasteiger partial charge in [-0.15, -0.1) is 0 Å². The molecule has 3 aromatic rings. The highest BCUT2D eigenvalue weighted by Gasteiger charge is 2.12. The molecule has 6 heteroatoms. The van der Waals surface area contributed by atoms with Gasteiger partial charge in [-0.3, -0.25) is 10.1 Å². The minimum Gasteiger partial charge on any atom is -0.462 e. The van der Waals surface area contributed by atoms with E-state index < -0.39 is 10.9 Å². The van der Waals surface area contributed by atoms with Crippen LogP contribution in [0.2, 0.25) is 0 Å². The SMILES string of the molecule is O=C(OCCc1cc2ccccc2[nH]1)c1cccc([N+](=O)[O-])c1. The third kappa shape index (κ3) is 3.37. The minimum absolute atomic E-state index is 0.130. The highest BCUT2D eigenvalue weighted by atomic mass is 16.6. The first-order valence-electron chi connectivity index (χ1n) is 7.12. The molecule has 0 unspecified atom stereocenters. The minimum atomic E-state index is -0.565. The summed E-state index contributed by atoms with van der Waals surface area (Å²) >= 11 is 0. The van der Waals surface area contributed by atoms with Crippen molar-refractivity contribution in [2.75, 3.05) is 6.61 Å². The number of para-hydroxylation sites is 1. The summed E-state index contributed by atoms with van der Waals surface area (Å²) in [5.74, 6) is -0.565. The van der Waals surface area contributed by atoms with E-state index in [4.69, 9.17) is 4.74 Å². The first kappa shape index (κ1) is 14.8. The number of ether oxygens (including phenoxy) is 1. The number of H-pyrrole nitrogens is 1. The highest BCUT2D eigenvalue weighted by Crippen LogP contribution is 2.16. The van der Waals surface area contributed by atoms with Crippen LogP contribution >= 0.6 is 0 Å². The number of nitro groups is 1. The maximum absolute atomic E-state index is 11.9. The van der Waals surface area contributed by atoms with E-state index in [1.54, 1.807) is 0 Å². The van der Waals surface area contributed by atoms with Gasteiger partial charge < -0.3 is 9.72 Å². The lowest BCUT2D eigenvalue weighted by molar-refractivity contribution is -0.384. The summed E-state index contributed by atoms with van der Waals surface area (Å²) in [6, 6.07) is 15.4. The van der Waals surface area contributed by atoms with Crippen molar-refractivity contribution in [2.45, 2.75) is 6.42 Å². The fraction of sp³-hybridized carbons (Fsp3) is 0.118. The van der Waals surface area contributed by atoms with Gasteiger partial charge in [0.15, 0.2) is 0 Å². The molecule has 1 heterocycles. The largest absolute Gasteiger partial charge is 0.462 e. The lowest BCUT2D eigenvalue weighted by Gasteiger charge is -2.04. The van der Waals surface area contributed by atoms with Crippen molar-refractivity contribution in [2.24, 2.45) is 0 Å². The summed E-state index contributed by atoms with van der Waals surface area (Å²) in [7, 11) is 0. The van der Waals surface area contributed by atoms with Crippen LogP contribution in [0, 0.1) is 10.1 Å². The number of hydrogen-bond acceptors (Lipinski definition) is 4. The van der Waals surface area contributed by atoms with Crippen molar-refractivity contribution in [3.63, 3.8) is 0 Å². The molecule has 0 spiro atoms. The van der Waals surface area contributed by atoms with Crippen LogP contribution in [0.1, 0.15) is 16.1 Å². The summed E-state index contributed by atoms with van der Waals surface area (Å²) in [5.41, 5.74) is 2.05. The molecule has 0 radical (unpaired) electrons. The molecule has 0 aliphatic rings. The van der Waals surface area contributed by atoms with Gasteiger partial charge in [-0.2, -0.15) is 0 Å². The number of nitrogens with zero attached hydrogens (tertiary/aromatic N) is 1. The van der Waals surface area contributed by atoms with Crippen LogP contribution in [0.3, 0.4) is 0 Å². The fourth-order valence-corrected chi connectivity index (χ4v) is 2.35. The Bertz CT molecular complexity index is 837. The van der Waals surface area contributed by atoms with E-state index in [9.17, 15) is 14.9 Å². The van der Waals surface area contributed by atoms with E-state index in [1.165, 1.54) is 24.3 Å². The van der Waals surface area contributed by atoms with Crippen molar-refractivity contribution in [1.29, 1.82) is 0 Å². The lowest BCUT2D eigenvalue weighted by atomic mass is 10.2. The third-order valence-corrected chi connectivity index (χ3v) is 3.48. The maximum atomic E-state index is 11.9. The van der Waals surface area contributed by atoms with Crippen molar-refractivity contribution in [1.82, 2.24) is 4.98 Å². The molecule has 116 valence electrons. The number of nitro benzene ring substituents is 1. The Hall–Kier alpha value is -3.15. The second-order valence-electron chi connectivity index (χ2n) is 5.08. The Morgan fingerprint density at radius 2 is 1.96 bits per heavy atom. The Morgan fingerprint density at radius 1 is 1.13 bits per heavy atom. The van der Waals surface area contributed by atoms with Gasteiger partial charge in [-0.1, -0.05) is 24.3 Å². The van der Waals surface area contributed by atoms with Gasteiger partial charge in [-0.05, 0) is 23.6 Å². The van der Waals surface area contributed by atoms with Crippen LogP contribution in [-0.2, 0) is 11.2 Å². The van der Waals surface area contributed by atoms with Crippen molar-refractivity contribution in [3.8, 4) is 0 Å². The van der Waals surface area contributed by atoms with Crippen LogP contribution in [0.25, 0.3) is 10.9 Å². The molecule has 1 N–H and O–H groups in total. The topological polar surface area (TPSA) is 85.2 Å². The van der Waals surface area contributed by atoms with Crippen molar-refractivity contribution < 1.29 is 14.5 Å². The average Bonchev–Trinajstić information content (AvgIpc) is 2.97. The van der Waals surface area contributed by atoms with E-state index >= 15 is 0 Å². The van der Waals surface area contributed by atoms with Gasteiger partial charge in [0.2, 0.25) is 0 Å². The molecular weight excluding hydrogens is 296 g/mol. The molecule has 1 aromatic heterocycles. The second-order valence-corrected chi connectivity index (χ2v) is 5.08. The van der Waals surface area contributed by atoms with Crippen molar-refractivity contribution >= 4 is 22.6 Å². The number of aromatic amines is 1. The first-order valence-corrected chi connectivity index (χ1v) is 7.12. The van der Waals surface area contributed by atoms with Crippen LogP contribution in [-0.4, -0.2) is 22.5 Å². The Balaban J connectivity index is 1.60. The molecule has 0 amide bonds. The Kier molecular flexibility index (Phi) is 4.05. The number of hydrogen-bond donors (Lipinski definition) is 1. The summed E-state index contributed by atoms with van der Waals surface area (Å²) in [6.45, 7) is 0.203. The Morgan fingerprint density at radius 3 is 2.74 bits per heavy atom. The van der Waals surface area contributed by atoms with Crippen LogP contribution < -0.4 is 0 Å². The lowest BCUT2D eigenvalue weighted by Crippen LogP contribution is -2.08. The van der Waals surface area contributed by atoms with Gasteiger partial charge >= 0.3 is 5.97 Å². The molecule has 3 rings (SSSR count). The average molecular weight is 310 g/mol. The monoisotopic (exact) mass is 310 g/mol. The number of carbonyl (C=O) groups is 1. The number of benzene rings is 2. The molecule has 2 aromatic carbocycles. The molecule has 0 saturated heterocycles. The number of esters is 1. The smallest absolute Gasteiger partial charge is 0.338 e. The molecule has 0 atom stereocenters. The number of non-ortho nitro benzene ring substituents is 1. The Labute approximate surface area is 131 Å². The zero-order valence-corrected chi connectivity index (χ0v) is 12.2. The first-order chi connectivity index (χ1) is 11.1. The predicted molar refractivity (Wildman–Crippen MR) is 85.4 cm³/mol. The molecule has 0 aliphatic carbocycles. The number of aromatic nitrogens is 1. The molecular formula is C17H14N2O4. The summed E-state index contributed by atoms with van der Waals surface area (Å²) in [5, 5.41) is 11.8. The fourth-order valence-electron chi connectivity index (χ4n) is 2.35. The number of nitrogens with one attached hydrogen (secondary N) is 1. The van der Waals surface area contributed by atoms with Gasteiger partial charge in [-0.25, -0.2) is 4.79 Å². The summed E-state index contributed by atoms with van der Waals surface area (Å²) < 4.78 is 5.18.